The van der Waals surface area contributed by atoms with E-state index in [1.165, 1.54) is 0 Å². The van der Waals surface area contributed by atoms with Crippen molar-refractivity contribution in [2.45, 2.75) is 12.8 Å². The third-order valence-corrected chi connectivity index (χ3v) is 3.64. The van der Waals surface area contributed by atoms with E-state index in [2.05, 4.69) is 0 Å². The molecule has 1 unspecified atom stereocenters. The Kier molecular flexibility index (Phi) is 5.08. The predicted molar refractivity (Wildman–Crippen MR) is 74.7 cm³/mol. The molecule has 1 aliphatic heterocycles. The van der Waals surface area contributed by atoms with E-state index in [0.717, 1.165) is 25.0 Å². The van der Waals surface area contributed by atoms with Crippen LogP contribution in [0.3, 0.4) is 0 Å². The zero-order valence-electron chi connectivity index (χ0n) is 11.9. The molecule has 1 heterocycles. The molecule has 1 saturated heterocycles. The van der Waals surface area contributed by atoms with E-state index in [1.807, 2.05) is 5.43 Å². The molecule has 0 saturated carbocycles. The number of rotatable bonds is 4. The molecule has 1 atom stereocenters. The number of benzene rings is 1. The van der Waals surface area contributed by atoms with Gasteiger partial charge in [-0.3, -0.25) is 10.6 Å². The molecule has 116 valence electrons. The quantitative estimate of drug-likeness (QED) is 0.656. The van der Waals surface area contributed by atoms with Crippen molar-refractivity contribution in [3.63, 3.8) is 0 Å². The lowest BCUT2D eigenvalue weighted by atomic mass is 9.98. The molecule has 1 fully saturated rings. The zero-order chi connectivity index (χ0) is 15.4. The van der Waals surface area contributed by atoms with Gasteiger partial charge < -0.3 is 15.1 Å². The predicted octanol–water partition coefficient (Wildman–Crippen LogP) is 1.75. The van der Waals surface area contributed by atoms with Crippen molar-refractivity contribution in [3.8, 4) is 0 Å². The Hall–Kier alpha value is -1.73. The lowest BCUT2D eigenvalue weighted by Crippen LogP contribution is -2.41. The number of hydrazine groups is 1. The summed E-state index contributed by atoms with van der Waals surface area (Å²) in [5, 5.41) is 0. The minimum absolute atomic E-state index is 0.0120. The number of carbonyl (C=O) groups excluding carboxylic acids is 1. The number of nitrogens with one attached hydrogen (secondary N) is 1. The molecule has 1 amide bonds. The number of halogens is 2. The Morgan fingerprint density at radius 3 is 2.71 bits per heavy atom. The Labute approximate surface area is 122 Å². The van der Waals surface area contributed by atoms with Gasteiger partial charge in [0.1, 0.15) is 5.69 Å². The minimum atomic E-state index is -0.883. The Morgan fingerprint density at radius 2 is 2.14 bits per heavy atom. The number of methoxy groups -OCH3 is 1. The van der Waals surface area contributed by atoms with Gasteiger partial charge in [0.15, 0.2) is 11.6 Å². The Morgan fingerprint density at radius 1 is 1.48 bits per heavy atom. The van der Waals surface area contributed by atoms with Crippen LogP contribution in [0.2, 0.25) is 0 Å². The third kappa shape index (κ3) is 3.48. The normalized spacial score (nSPS) is 18.7. The molecule has 2 rings (SSSR count). The molecule has 5 nitrogen and oxygen atoms in total. The van der Waals surface area contributed by atoms with E-state index < -0.39 is 17.3 Å². The molecule has 1 aliphatic rings. The van der Waals surface area contributed by atoms with Crippen molar-refractivity contribution in [3.05, 3.63) is 29.3 Å². The average molecular weight is 299 g/mol. The van der Waals surface area contributed by atoms with E-state index in [0.29, 0.717) is 19.7 Å². The van der Waals surface area contributed by atoms with Gasteiger partial charge in [-0.15, -0.1) is 0 Å². The fourth-order valence-corrected chi connectivity index (χ4v) is 2.64. The highest BCUT2D eigenvalue weighted by molar-refractivity contribution is 5.94. The molecule has 0 spiro atoms. The summed E-state index contributed by atoms with van der Waals surface area (Å²) in [5.41, 5.74) is 1.49. The molecule has 3 N–H and O–H groups in total. The summed E-state index contributed by atoms with van der Waals surface area (Å²) in [7, 11) is 1.62. The van der Waals surface area contributed by atoms with Crippen LogP contribution in [-0.4, -0.2) is 37.6 Å². The number of nitrogens with two attached hydrogens (primary N) is 1. The van der Waals surface area contributed by atoms with Gasteiger partial charge in [-0.2, -0.15) is 0 Å². The monoisotopic (exact) mass is 299 g/mol. The standard InChI is InChI=1S/C14H19F2N3O2/c1-21-8-9-3-2-4-19(7-9)14(20)10-5-11(15)13(18-17)12(16)6-10/h5-6,9,18H,2-4,7-8,17H2,1H3. The van der Waals surface area contributed by atoms with E-state index in [1.54, 1.807) is 12.0 Å². The van der Waals surface area contributed by atoms with Crippen LogP contribution in [0.25, 0.3) is 0 Å². The van der Waals surface area contributed by atoms with Gasteiger partial charge >= 0.3 is 0 Å². The second kappa shape index (κ2) is 6.82. The highest BCUT2D eigenvalue weighted by atomic mass is 19.1. The van der Waals surface area contributed by atoms with Crippen molar-refractivity contribution < 1.29 is 18.3 Å². The first kappa shape index (κ1) is 15.7. The highest BCUT2D eigenvalue weighted by Crippen LogP contribution is 2.23. The molecule has 0 bridgehead atoms. The molecule has 7 heteroatoms. The van der Waals surface area contributed by atoms with Gasteiger partial charge in [0, 0.05) is 25.8 Å². The van der Waals surface area contributed by atoms with Crippen LogP contribution < -0.4 is 11.3 Å². The number of nitrogens with zero attached hydrogens (tertiary/aromatic N) is 1. The number of hydrogen-bond donors (Lipinski definition) is 2. The summed E-state index contributed by atoms with van der Waals surface area (Å²) in [6, 6.07) is 2.00. The van der Waals surface area contributed by atoms with Gasteiger partial charge in [0.05, 0.1) is 6.61 Å². The summed E-state index contributed by atoms with van der Waals surface area (Å²) in [6.45, 7) is 1.69. The first-order chi connectivity index (χ1) is 10.1. The van der Waals surface area contributed by atoms with E-state index in [9.17, 15) is 13.6 Å². The smallest absolute Gasteiger partial charge is 0.254 e. The maximum Gasteiger partial charge on any atom is 0.254 e. The fraction of sp³-hybridized carbons (Fsp3) is 0.500. The van der Waals surface area contributed by atoms with E-state index in [4.69, 9.17) is 10.6 Å². The topological polar surface area (TPSA) is 67.6 Å². The molecule has 21 heavy (non-hydrogen) atoms. The number of carbonyl (C=O) groups is 1. The largest absolute Gasteiger partial charge is 0.384 e. The lowest BCUT2D eigenvalue weighted by molar-refractivity contribution is 0.0570. The van der Waals surface area contributed by atoms with Crippen LogP contribution in [0.15, 0.2) is 12.1 Å². The second-order valence-corrected chi connectivity index (χ2v) is 5.17. The molecular weight excluding hydrogens is 280 g/mol. The van der Waals surface area contributed by atoms with Crippen LogP contribution in [0.4, 0.5) is 14.5 Å². The number of piperidine rings is 1. The maximum absolute atomic E-state index is 13.7. The SMILES string of the molecule is COCC1CCCN(C(=O)c2cc(F)c(NN)c(F)c2)C1. The average Bonchev–Trinajstić information content (AvgIpc) is 2.47. The number of likely N-dealkylation sites (tertiary alicyclic amines) is 1. The van der Waals surface area contributed by atoms with Crippen molar-refractivity contribution in [1.82, 2.24) is 4.90 Å². The Bertz CT molecular complexity index is 500. The first-order valence-corrected chi connectivity index (χ1v) is 6.80. The molecule has 1 aromatic carbocycles. The van der Waals surface area contributed by atoms with Gasteiger partial charge in [0.2, 0.25) is 0 Å². The van der Waals surface area contributed by atoms with Crippen molar-refractivity contribution in [1.29, 1.82) is 0 Å². The number of ether oxygens (including phenoxy) is 1. The number of hydrogen-bond acceptors (Lipinski definition) is 4. The Balaban J connectivity index is 2.16. The summed E-state index contributed by atoms with van der Waals surface area (Å²) in [6.07, 6.45) is 1.84. The van der Waals surface area contributed by atoms with Crippen LogP contribution in [0.5, 0.6) is 0 Å². The van der Waals surface area contributed by atoms with E-state index >= 15 is 0 Å². The molecule has 0 aromatic heterocycles. The summed E-state index contributed by atoms with van der Waals surface area (Å²) < 4.78 is 32.4. The second-order valence-electron chi connectivity index (χ2n) is 5.17. The fourth-order valence-electron chi connectivity index (χ4n) is 2.64. The zero-order valence-corrected chi connectivity index (χ0v) is 11.9. The molecule has 1 aromatic rings. The van der Waals surface area contributed by atoms with Gasteiger partial charge in [-0.25, -0.2) is 8.78 Å². The molecular formula is C14H19F2N3O2. The molecule has 0 radical (unpaired) electrons. The van der Waals surface area contributed by atoms with Gasteiger partial charge in [0.25, 0.3) is 5.91 Å². The van der Waals surface area contributed by atoms with Crippen LogP contribution in [0.1, 0.15) is 23.2 Å². The number of amides is 1. The third-order valence-electron chi connectivity index (χ3n) is 3.64. The van der Waals surface area contributed by atoms with Crippen LogP contribution in [-0.2, 0) is 4.74 Å². The lowest BCUT2D eigenvalue weighted by Gasteiger charge is -2.32. The summed E-state index contributed by atoms with van der Waals surface area (Å²) in [4.78, 5) is 14.0. The van der Waals surface area contributed by atoms with Crippen LogP contribution >= 0.6 is 0 Å². The minimum Gasteiger partial charge on any atom is -0.384 e. The van der Waals surface area contributed by atoms with Gasteiger partial charge in [-0.1, -0.05) is 0 Å². The highest BCUT2D eigenvalue weighted by Gasteiger charge is 2.25. The van der Waals surface area contributed by atoms with E-state index in [-0.39, 0.29) is 17.4 Å². The first-order valence-electron chi connectivity index (χ1n) is 6.80. The van der Waals surface area contributed by atoms with Gasteiger partial charge in [-0.05, 0) is 30.9 Å². The van der Waals surface area contributed by atoms with Crippen molar-refractivity contribution >= 4 is 11.6 Å². The molecule has 0 aliphatic carbocycles. The van der Waals surface area contributed by atoms with Crippen LogP contribution in [0, 0.1) is 17.6 Å². The van der Waals surface area contributed by atoms with Crippen molar-refractivity contribution in [2.75, 3.05) is 32.2 Å². The summed E-state index contributed by atoms with van der Waals surface area (Å²) >= 11 is 0. The van der Waals surface area contributed by atoms with Crippen molar-refractivity contribution in [2.24, 2.45) is 11.8 Å². The maximum atomic E-state index is 13.7. The summed E-state index contributed by atoms with van der Waals surface area (Å²) in [5.74, 6) is 3.15. The number of nitrogen functional groups attached to an aromatic ring is 1. The number of anilines is 1.